The van der Waals surface area contributed by atoms with E-state index in [-0.39, 0.29) is 6.61 Å². The first kappa shape index (κ1) is 21.3. The number of ether oxygens (including phenoxy) is 2. The number of unbranched alkanes of at least 4 members (excludes halogenated alkanes) is 1. The van der Waals surface area contributed by atoms with Gasteiger partial charge in [-0.05, 0) is 24.6 Å². The highest BCUT2D eigenvalue weighted by atomic mass is 28.3. The second-order valence-electron chi connectivity index (χ2n) is 7.07. The number of benzene rings is 1. The lowest BCUT2D eigenvalue weighted by Gasteiger charge is -2.11. The molecule has 0 saturated heterocycles. The van der Waals surface area contributed by atoms with E-state index in [1.54, 1.807) is 6.20 Å². The molecular weight excluding hydrogens is 368 g/mol. The predicted octanol–water partition coefficient (Wildman–Crippen LogP) is 5.21. The molecule has 6 heteroatoms. The van der Waals surface area contributed by atoms with Gasteiger partial charge in [0.2, 0.25) is 0 Å². The van der Waals surface area contributed by atoms with Crippen molar-refractivity contribution in [3.63, 3.8) is 0 Å². The zero-order valence-electron chi connectivity index (χ0n) is 16.6. The molecule has 0 unspecified atom stereocenters. The van der Waals surface area contributed by atoms with Crippen LogP contribution in [0.25, 0.3) is 11.4 Å². The first-order valence-corrected chi connectivity index (χ1v) is 12.7. The van der Waals surface area contributed by atoms with Gasteiger partial charge in [0.15, 0.2) is 11.6 Å². The Morgan fingerprint density at radius 1 is 1.29 bits per heavy atom. The van der Waals surface area contributed by atoms with Crippen molar-refractivity contribution < 1.29 is 14.3 Å². The molecule has 1 aromatic carbocycles. The second kappa shape index (κ2) is 10.3. The fraction of sp³-hybridized carbons (Fsp3) is 0.273. The zero-order chi connectivity index (χ0) is 20.4. The summed E-state index contributed by atoms with van der Waals surface area (Å²) in [4.78, 5) is 16.4. The number of nitrogens with zero attached hydrogens (tertiary/aromatic N) is 2. The Bertz CT molecular complexity index is 884. The number of rotatable bonds is 7. The van der Waals surface area contributed by atoms with E-state index < -0.39 is 14.2 Å². The molecule has 1 heterocycles. The van der Waals surface area contributed by atoms with E-state index in [0.717, 1.165) is 5.69 Å². The minimum absolute atomic E-state index is 0.0843. The normalized spacial score (nSPS) is 11.3. The van der Waals surface area contributed by atoms with E-state index in [2.05, 4.69) is 42.7 Å². The Morgan fingerprint density at radius 3 is 2.71 bits per heavy atom. The molecule has 0 amide bonds. The molecule has 1 aromatic heterocycles. The topological polar surface area (TPSA) is 53.4 Å². The van der Waals surface area contributed by atoms with Crippen LogP contribution in [0.15, 0.2) is 61.5 Å². The first-order chi connectivity index (χ1) is 13.4. The Balaban J connectivity index is 2.25. The lowest BCUT2D eigenvalue weighted by Crippen LogP contribution is -2.16. The maximum absolute atomic E-state index is 12.0. The molecule has 28 heavy (non-hydrogen) atoms. The van der Waals surface area contributed by atoms with Crippen LogP contribution in [-0.2, 0) is 9.47 Å². The summed E-state index contributed by atoms with van der Waals surface area (Å²) >= 11 is 0. The Morgan fingerprint density at radius 2 is 2.04 bits per heavy atom. The van der Waals surface area contributed by atoms with Crippen LogP contribution in [0.2, 0.25) is 19.6 Å². The monoisotopic (exact) mass is 394 g/mol. The van der Waals surface area contributed by atoms with Gasteiger partial charge in [0.25, 0.3) is 0 Å². The van der Waals surface area contributed by atoms with Gasteiger partial charge in [-0.1, -0.05) is 50.5 Å². The van der Waals surface area contributed by atoms with Crippen LogP contribution in [0, 0.1) is 11.5 Å². The van der Waals surface area contributed by atoms with E-state index in [4.69, 9.17) is 9.47 Å². The van der Waals surface area contributed by atoms with Crippen molar-refractivity contribution in [2.24, 2.45) is 0 Å². The third kappa shape index (κ3) is 6.93. The summed E-state index contributed by atoms with van der Waals surface area (Å²) in [6, 6.07) is 9.73. The largest absolute Gasteiger partial charge is 0.514 e. The molecule has 0 aliphatic carbocycles. The van der Waals surface area contributed by atoms with Crippen LogP contribution in [0.1, 0.15) is 18.7 Å². The zero-order valence-corrected chi connectivity index (χ0v) is 17.6. The molecule has 0 fully saturated rings. The molecule has 0 radical (unpaired) electrons. The third-order valence-electron chi connectivity index (χ3n) is 3.47. The highest BCUT2D eigenvalue weighted by molar-refractivity contribution is 6.83. The van der Waals surface area contributed by atoms with E-state index in [9.17, 15) is 4.79 Å². The number of hydrogen-bond acceptors (Lipinski definition) is 4. The molecule has 2 aromatic rings. The fourth-order valence-corrected chi connectivity index (χ4v) is 2.97. The number of carbonyl (C=O) groups excluding carboxylic acids is 1. The Labute approximate surface area is 167 Å². The standard InChI is InChI=1S/C22H26N2O3Si/c1-5-17-26-22(25)27-20(14-10-7-11-18-28(2,3)4)21-23-15-16-24(21)19-12-8-6-9-13-19/h5-6,8-9,12-16H,1,7,10,17H2,2-4H3/b20-14-. The van der Waals surface area contributed by atoms with Gasteiger partial charge in [-0.15, -0.1) is 11.5 Å². The van der Waals surface area contributed by atoms with Gasteiger partial charge in [0.1, 0.15) is 14.7 Å². The van der Waals surface area contributed by atoms with Crippen molar-refractivity contribution in [2.75, 3.05) is 6.61 Å². The Kier molecular flexibility index (Phi) is 7.84. The summed E-state index contributed by atoms with van der Waals surface area (Å²) in [6.07, 6.45) is 7.34. The van der Waals surface area contributed by atoms with Gasteiger partial charge >= 0.3 is 6.16 Å². The summed E-state index contributed by atoms with van der Waals surface area (Å²) < 4.78 is 12.3. The molecule has 2 rings (SSSR count). The smallest absolute Gasteiger partial charge is 0.430 e. The molecule has 0 bridgehead atoms. The van der Waals surface area contributed by atoms with E-state index in [1.807, 2.05) is 47.2 Å². The number of imidazole rings is 1. The van der Waals surface area contributed by atoms with E-state index in [0.29, 0.717) is 24.4 Å². The van der Waals surface area contributed by atoms with E-state index in [1.165, 1.54) is 6.08 Å². The first-order valence-electron chi connectivity index (χ1n) is 9.15. The average Bonchev–Trinajstić information content (AvgIpc) is 3.14. The van der Waals surface area contributed by atoms with Crippen molar-refractivity contribution in [3.05, 3.63) is 67.3 Å². The fourth-order valence-electron chi connectivity index (χ4n) is 2.31. The maximum atomic E-state index is 12.0. The molecule has 0 aliphatic rings. The van der Waals surface area contributed by atoms with Gasteiger partial charge in [-0.2, -0.15) is 0 Å². The number of carbonyl (C=O) groups is 1. The van der Waals surface area contributed by atoms with Crippen molar-refractivity contribution in [1.29, 1.82) is 0 Å². The molecule has 0 atom stereocenters. The highest BCUT2D eigenvalue weighted by Crippen LogP contribution is 2.20. The van der Waals surface area contributed by atoms with Crippen molar-refractivity contribution in [1.82, 2.24) is 9.55 Å². The minimum atomic E-state index is -1.39. The summed E-state index contributed by atoms with van der Waals surface area (Å²) in [6.45, 7) is 10.2. The minimum Gasteiger partial charge on any atom is -0.430 e. The molecule has 146 valence electrons. The molecule has 0 spiro atoms. The predicted molar refractivity (Wildman–Crippen MR) is 115 cm³/mol. The molecular formula is C22H26N2O3Si. The summed E-state index contributed by atoms with van der Waals surface area (Å²) in [7, 11) is -1.39. The highest BCUT2D eigenvalue weighted by Gasteiger charge is 2.16. The lowest BCUT2D eigenvalue weighted by atomic mass is 10.2. The number of aromatic nitrogens is 2. The van der Waals surface area contributed by atoms with Gasteiger partial charge in [0.05, 0.1) is 0 Å². The number of hydrogen-bond donors (Lipinski definition) is 0. The van der Waals surface area contributed by atoms with Crippen LogP contribution in [0.5, 0.6) is 0 Å². The number of allylic oxidation sites excluding steroid dienone is 1. The van der Waals surface area contributed by atoms with Gasteiger partial charge in [-0.25, -0.2) is 9.78 Å². The van der Waals surface area contributed by atoms with Gasteiger partial charge in [-0.3, -0.25) is 4.57 Å². The van der Waals surface area contributed by atoms with Gasteiger partial charge in [0, 0.05) is 24.5 Å². The summed E-state index contributed by atoms with van der Waals surface area (Å²) in [5.41, 5.74) is 4.25. The van der Waals surface area contributed by atoms with Crippen molar-refractivity contribution >= 4 is 20.0 Å². The van der Waals surface area contributed by atoms with Gasteiger partial charge < -0.3 is 9.47 Å². The summed E-state index contributed by atoms with van der Waals surface area (Å²) in [5.74, 6) is 4.09. The quantitative estimate of drug-likeness (QED) is 0.161. The second-order valence-corrected chi connectivity index (χ2v) is 11.8. The van der Waals surface area contributed by atoms with Crippen molar-refractivity contribution in [2.45, 2.75) is 32.5 Å². The van der Waals surface area contributed by atoms with Crippen LogP contribution >= 0.6 is 0 Å². The Hall–Kier alpha value is -3.04. The maximum Gasteiger partial charge on any atom is 0.514 e. The molecule has 5 nitrogen and oxygen atoms in total. The number of para-hydroxylation sites is 1. The molecule has 0 aliphatic heterocycles. The van der Waals surface area contributed by atoms with Crippen LogP contribution in [0.4, 0.5) is 4.79 Å². The molecule has 0 saturated carbocycles. The third-order valence-corrected chi connectivity index (χ3v) is 4.40. The SMILES string of the molecule is C=CCOC(=O)O/C(=C\CCC#C[Si](C)(C)C)c1nccn1-c1ccccc1. The van der Waals surface area contributed by atoms with Crippen LogP contribution in [0.3, 0.4) is 0 Å². The van der Waals surface area contributed by atoms with Crippen molar-refractivity contribution in [3.8, 4) is 17.2 Å². The average molecular weight is 395 g/mol. The lowest BCUT2D eigenvalue weighted by molar-refractivity contribution is 0.0999. The van der Waals surface area contributed by atoms with E-state index >= 15 is 0 Å². The van der Waals surface area contributed by atoms with Crippen LogP contribution < -0.4 is 0 Å². The van der Waals surface area contributed by atoms with Crippen LogP contribution in [-0.4, -0.2) is 30.4 Å². The summed E-state index contributed by atoms with van der Waals surface area (Å²) in [5, 5.41) is 0. The molecule has 0 N–H and O–H groups in total.